The van der Waals surface area contributed by atoms with Crippen LogP contribution in [0.5, 0.6) is 11.5 Å². The maximum atomic E-state index is 12.8. The Labute approximate surface area is 175 Å². The van der Waals surface area contributed by atoms with E-state index in [1.165, 1.54) is 6.07 Å². The Morgan fingerprint density at radius 2 is 1.89 bits per heavy atom. The van der Waals surface area contributed by atoms with Crippen molar-refractivity contribution < 1.29 is 17.3 Å². The van der Waals surface area contributed by atoms with E-state index in [2.05, 4.69) is 36.8 Å². The Morgan fingerprint density at radius 1 is 1.11 bits per heavy atom. The molecule has 0 N–H and O–H groups in total. The number of nitrogens with zero attached hydrogens (tertiary/aromatic N) is 1. The van der Waals surface area contributed by atoms with E-state index < -0.39 is 10.1 Å². The summed E-state index contributed by atoms with van der Waals surface area (Å²) in [5, 5.41) is 0.755. The van der Waals surface area contributed by atoms with Crippen molar-refractivity contribution >= 4 is 52.9 Å². The summed E-state index contributed by atoms with van der Waals surface area (Å²) in [4.78, 5) is 4.33. The van der Waals surface area contributed by atoms with E-state index in [1.54, 1.807) is 37.4 Å². The predicted molar refractivity (Wildman–Crippen MR) is 112 cm³/mol. The van der Waals surface area contributed by atoms with E-state index in [1.807, 2.05) is 13.0 Å². The van der Waals surface area contributed by atoms with Gasteiger partial charge in [-0.15, -0.1) is 0 Å². The largest absolute Gasteiger partial charge is 0.493 e. The minimum atomic E-state index is -4.04. The lowest BCUT2D eigenvalue weighted by Gasteiger charge is -2.13. The van der Waals surface area contributed by atoms with Crippen LogP contribution in [0.15, 0.2) is 56.4 Å². The lowest BCUT2D eigenvalue weighted by atomic mass is 10.2. The van der Waals surface area contributed by atoms with E-state index >= 15 is 0 Å². The number of hydrogen-bond donors (Lipinski definition) is 0. The summed E-state index contributed by atoms with van der Waals surface area (Å²) in [6.45, 7) is 4.39. The fraction of sp³-hybridized carbons (Fsp3) is 0.211. The summed E-state index contributed by atoms with van der Waals surface area (Å²) in [5.41, 5.74) is 1.17. The van der Waals surface area contributed by atoms with Gasteiger partial charge in [0.1, 0.15) is 16.2 Å². The van der Waals surface area contributed by atoms with Crippen LogP contribution in [0.1, 0.15) is 18.9 Å². The second-order valence-corrected chi connectivity index (χ2v) is 9.14. The van der Waals surface area contributed by atoms with E-state index in [4.69, 9.17) is 8.92 Å². The van der Waals surface area contributed by atoms with Gasteiger partial charge in [-0.25, -0.2) is 0 Å². The van der Waals surface area contributed by atoms with Gasteiger partial charge in [-0.1, -0.05) is 28.9 Å². The highest BCUT2D eigenvalue weighted by Crippen LogP contribution is 2.38. The average molecular weight is 515 g/mol. The van der Waals surface area contributed by atoms with Crippen molar-refractivity contribution in [3.8, 4) is 11.5 Å². The first-order valence-electron chi connectivity index (χ1n) is 8.24. The smallest absolute Gasteiger partial charge is 0.339 e. The molecular formula is C19H17Br2NO4S. The molecule has 0 spiro atoms. The Balaban J connectivity index is 2.01. The molecule has 0 bridgehead atoms. The number of pyridine rings is 1. The predicted octanol–water partition coefficient (Wildman–Crippen LogP) is 5.62. The fourth-order valence-corrected chi connectivity index (χ4v) is 5.04. The first kappa shape index (κ1) is 20.1. The van der Waals surface area contributed by atoms with Crippen molar-refractivity contribution in [2.75, 3.05) is 6.61 Å². The number of rotatable bonds is 6. The monoisotopic (exact) mass is 513 g/mol. The number of ether oxygens (including phenoxy) is 1. The molecule has 0 radical (unpaired) electrons. The summed E-state index contributed by atoms with van der Waals surface area (Å²) in [5.74, 6) is 0.811. The minimum Gasteiger partial charge on any atom is -0.493 e. The quantitative estimate of drug-likeness (QED) is 0.399. The molecule has 0 aliphatic rings. The number of fused-ring (bicyclic) bond motifs is 1. The standard InChI is InChI=1S/C19H17Br2NO4S/c1-3-9-25-17-7-6-13(10-12(17)2)27(23,24)26-19-16(21)11-15(20)14-5-4-8-22-18(14)19/h4-8,10-11H,3,9H2,1-2H3. The number of benzene rings is 2. The summed E-state index contributed by atoms with van der Waals surface area (Å²) in [7, 11) is -4.04. The molecule has 2 aromatic carbocycles. The summed E-state index contributed by atoms with van der Waals surface area (Å²) < 4.78 is 38.0. The number of aryl methyl sites for hydroxylation is 1. The third kappa shape index (κ3) is 4.28. The van der Waals surface area contributed by atoms with E-state index in [9.17, 15) is 8.42 Å². The SMILES string of the molecule is CCCOc1ccc(S(=O)(=O)Oc2c(Br)cc(Br)c3cccnc23)cc1C. The van der Waals surface area contributed by atoms with E-state index in [0.29, 0.717) is 22.3 Å². The maximum Gasteiger partial charge on any atom is 0.339 e. The van der Waals surface area contributed by atoms with Gasteiger partial charge < -0.3 is 8.92 Å². The van der Waals surface area contributed by atoms with Crippen LogP contribution < -0.4 is 8.92 Å². The highest BCUT2D eigenvalue weighted by atomic mass is 79.9. The Hall–Kier alpha value is -1.64. The van der Waals surface area contributed by atoms with Gasteiger partial charge in [0, 0.05) is 16.1 Å². The lowest BCUT2D eigenvalue weighted by molar-refractivity contribution is 0.315. The molecule has 0 unspecified atom stereocenters. The lowest BCUT2D eigenvalue weighted by Crippen LogP contribution is -2.11. The first-order chi connectivity index (χ1) is 12.8. The molecule has 0 saturated carbocycles. The van der Waals surface area contributed by atoms with Crippen LogP contribution >= 0.6 is 31.9 Å². The molecule has 3 rings (SSSR count). The first-order valence-corrected chi connectivity index (χ1v) is 11.2. The van der Waals surface area contributed by atoms with Gasteiger partial charge in [-0.05, 0) is 65.2 Å². The molecule has 0 atom stereocenters. The fourth-order valence-electron chi connectivity index (χ4n) is 2.54. The highest BCUT2D eigenvalue weighted by Gasteiger charge is 2.22. The molecule has 1 aromatic heterocycles. The van der Waals surface area contributed by atoms with Crippen molar-refractivity contribution in [1.82, 2.24) is 4.98 Å². The van der Waals surface area contributed by atoms with Crippen molar-refractivity contribution in [3.05, 3.63) is 57.1 Å². The molecule has 142 valence electrons. The minimum absolute atomic E-state index is 0.0581. The van der Waals surface area contributed by atoms with Crippen LogP contribution in [-0.4, -0.2) is 20.0 Å². The molecular weight excluding hydrogens is 498 g/mol. The molecule has 1 heterocycles. The van der Waals surface area contributed by atoms with Crippen molar-refractivity contribution in [1.29, 1.82) is 0 Å². The van der Waals surface area contributed by atoms with Crippen LogP contribution in [0.2, 0.25) is 0 Å². The van der Waals surface area contributed by atoms with E-state index in [0.717, 1.165) is 21.8 Å². The van der Waals surface area contributed by atoms with Crippen LogP contribution in [0.25, 0.3) is 10.9 Å². The van der Waals surface area contributed by atoms with Crippen LogP contribution in [0.3, 0.4) is 0 Å². The van der Waals surface area contributed by atoms with Crippen LogP contribution in [0.4, 0.5) is 0 Å². The van der Waals surface area contributed by atoms with Gasteiger partial charge in [0.05, 0.1) is 11.1 Å². The molecule has 8 heteroatoms. The zero-order valence-corrected chi connectivity index (χ0v) is 18.7. The normalized spacial score (nSPS) is 11.6. The molecule has 5 nitrogen and oxygen atoms in total. The second kappa shape index (κ2) is 8.16. The zero-order chi connectivity index (χ0) is 19.6. The van der Waals surface area contributed by atoms with Gasteiger partial charge in [-0.2, -0.15) is 8.42 Å². The van der Waals surface area contributed by atoms with Gasteiger partial charge in [0.25, 0.3) is 0 Å². The van der Waals surface area contributed by atoms with Gasteiger partial charge in [0.2, 0.25) is 0 Å². The highest BCUT2D eigenvalue weighted by molar-refractivity contribution is 9.11. The number of hydrogen-bond acceptors (Lipinski definition) is 5. The summed E-state index contributed by atoms with van der Waals surface area (Å²) in [6.07, 6.45) is 2.46. The van der Waals surface area contributed by atoms with Crippen LogP contribution in [-0.2, 0) is 10.1 Å². The van der Waals surface area contributed by atoms with Crippen LogP contribution in [0, 0.1) is 6.92 Å². The molecule has 3 aromatic rings. The van der Waals surface area contributed by atoms with Crippen molar-refractivity contribution in [2.45, 2.75) is 25.2 Å². The van der Waals surface area contributed by atoms with Gasteiger partial charge in [0.15, 0.2) is 5.75 Å². The maximum absolute atomic E-state index is 12.8. The molecule has 0 aliphatic carbocycles. The van der Waals surface area contributed by atoms with Crippen molar-refractivity contribution in [3.63, 3.8) is 0 Å². The Kier molecular flexibility index (Phi) is 6.08. The average Bonchev–Trinajstić information content (AvgIpc) is 2.64. The molecule has 0 fully saturated rings. The second-order valence-electron chi connectivity index (χ2n) is 5.88. The zero-order valence-electron chi connectivity index (χ0n) is 14.7. The Bertz CT molecular complexity index is 1100. The summed E-state index contributed by atoms with van der Waals surface area (Å²) >= 11 is 6.82. The van der Waals surface area contributed by atoms with E-state index in [-0.39, 0.29) is 10.6 Å². The molecule has 0 amide bonds. The third-order valence-electron chi connectivity index (χ3n) is 3.84. The number of halogens is 2. The Morgan fingerprint density at radius 3 is 2.59 bits per heavy atom. The number of aromatic nitrogens is 1. The van der Waals surface area contributed by atoms with Gasteiger partial charge >= 0.3 is 10.1 Å². The summed E-state index contributed by atoms with van der Waals surface area (Å²) in [6, 6.07) is 10.0. The topological polar surface area (TPSA) is 65.5 Å². The van der Waals surface area contributed by atoms with Gasteiger partial charge in [-0.3, -0.25) is 4.98 Å². The third-order valence-corrected chi connectivity index (χ3v) is 6.30. The molecule has 0 aliphatic heterocycles. The molecule has 0 saturated heterocycles. The molecule has 27 heavy (non-hydrogen) atoms. The van der Waals surface area contributed by atoms with Crippen molar-refractivity contribution in [2.24, 2.45) is 0 Å².